The fourth-order valence-corrected chi connectivity index (χ4v) is 2.03. The third-order valence-corrected chi connectivity index (χ3v) is 3.20. The molecule has 7 heteroatoms. The average molecular weight is 290 g/mol. The van der Waals surface area contributed by atoms with E-state index in [1.54, 1.807) is 0 Å². The van der Waals surface area contributed by atoms with Gasteiger partial charge < -0.3 is 14.8 Å². The van der Waals surface area contributed by atoms with Gasteiger partial charge in [0.1, 0.15) is 6.61 Å². The zero-order valence-corrected chi connectivity index (χ0v) is 11.1. The third kappa shape index (κ3) is 4.08. The van der Waals surface area contributed by atoms with Crippen LogP contribution in [-0.4, -0.2) is 36.9 Å². The number of halogens is 3. The minimum absolute atomic E-state index is 0.180. The Labute approximate surface area is 115 Å². The normalized spacial score (nSPS) is 23.0. The number of pyridine rings is 1. The van der Waals surface area contributed by atoms with Gasteiger partial charge >= 0.3 is 6.18 Å². The fraction of sp³-hybridized carbons (Fsp3) is 0.615. The molecule has 1 aliphatic heterocycles. The van der Waals surface area contributed by atoms with Crippen molar-refractivity contribution in [1.82, 2.24) is 10.3 Å². The van der Waals surface area contributed by atoms with Crippen LogP contribution in [0, 0.1) is 0 Å². The van der Waals surface area contributed by atoms with Gasteiger partial charge in [-0.25, -0.2) is 4.98 Å². The predicted octanol–water partition coefficient (Wildman–Crippen LogP) is 2.25. The molecule has 1 saturated heterocycles. The number of hydrogen-bond donors (Lipinski definition) is 1. The van der Waals surface area contributed by atoms with Gasteiger partial charge in [-0.1, -0.05) is 0 Å². The van der Waals surface area contributed by atoms with Crippen molar-refractivity contribution in [3.63, 3.8) is 0 Å². The van der Waals surface area contributed by atoms with Crippen LogP contribution in [0.15, 0.2) is 18.3 Å². The molecule has 1 aromatic heterocycles. The molecule has 0 saturated carbocycles. The second-order valence-electron chi connectivity index (χ2n) is 4.66. The molecule has 4 nitrogen and oxygen atoms in total. The first-order valence-corrected chi connectivity index (χ1v) is 6.48. The van der Waals surface area contributed by atoms with Crippen molar-refractivity contribution in [2.45, 2.75) is 31.7 Å². The predicted molar refractivity (Wildman–Crippen MR) is 66.6 cm³/mol. The van der Waals surface area contributed by atoms with Gasteiger partial charge in [0.25, 0.3) is 0 Å². The van der Waals surface area contributed by atoms with Crippen LogP contribution in [0.2, 0.25) is 0 Å². The molecule has 1 aromatic rings. The van der Waals surface area contributed by atoms with Crippen LogP contribution in [0.3, 0.4) is 0 Å². The van der Waals surface area contributed by atoms with Crippen LogP contribution in [0.1, 0.15) is 18.9 Å². The van der Waals surface area contributed by atoms with Crippen molar-refractivity contribution in [3.8, 4) is 5.88 Å². The zero-order chi connectivity index (χ0) is 14.6. The molecular formula is C13H17F3N2O2. The molecule has 1 fully saturated rings. The average Bonchev–Trinajstić information content (AvgIpc) is 2.80. The molecule has 1 N–H and O–H groups in total. The van der Waals surface area contributed by atoms with Crippen LogP contribution < -0.4 is 10.1 Å². The van der Waals surface area contributed by atoms with Crippen LogP contribution in [0.5, 0.6) is 5.88 Å². The molecule has 0 radical (unpaired) electrons. The molecule has 0 aliphatic carbocycles. The summed E-state index contributed by atoms with van der Waals surface area (Å²) in [5.74, 6) is 0.190. The summed E-state index contributed by atoms with van der Waals surface area (Å²) in [7, 11) is 0. The molecular weight excluding hydrogens is 273 g/mol. The van der Waals surface area contributed by atoms with Crippen molar-refractivity contribution >= 4 is 0 Å². The second kappa shape index (κ2) is 6.41. The van der Waals surface area contributed by atoms with E-state index >= 15 is 0 Å². The Morgan fingerprint density at radius 2 is 2.25 bits per heavy atom. The third-order valence-electron chi connectivity index (χ3n) is 3.20. The van der Waals surface area contributed by atoms with Gasteiger partial charge in [-0.05, 0) is 19.4 Å². The highest BCUT2D eigenvalue weighted by Gasteiger charge is 2.30. The summed E-state index contributed by atoms with van der Waals surface area (Å²) in [5, 5.41) is 3.28. The van der Waals surface area contributed by atoms with E-state index < -0.39 is 11.7 Å². The lowest BCUT2D eigenvalue weighted by molar-refractivity contribution is -0.137. The topological polar surface area (TPSA) is 43.4 Å². The number of aromatic nitrogens is 1. The molecule has 2 atom stereocenters. The van der Waals surface area contributed by atoms with Crippen molar-refractivity contribution in [3.05, 3.63) is 23.9 Å². The summed E-state index contributed by atoms with van der Waals surface area (Å²) < 4.78 is 47.7. The molecule has 0 aromatic carbocycles. The Hall–Kier alpha value is -1.34. The van der Waals surface area contributed by atoms with Crippen molar-refractivity contribution in [1.29, 1.82) is 0 Å². The van der Waals surface area contributed by atoms with E-state index in [1.807, 2.05) is 6.92 Å². The van der Waals surface area contributed by atoms with Gasteiger partial charge in [-0.2, -0.15) is 13.2 Å². The molecule has 0 amide bonds. The maximum absolute atomic E-state index is 12.3. The van der Waals surface area contributed by atoms with Crippen LogP contribution in [0.25, 0.3) is 0 Å². The Morgan fingerprint density at radius 3 is 2.80 bits per heavy atom. The highest BCUT2D eigenvalue weighted by Crippen LogP contribution is 2.29. The molecule has 0 bridgehead atoms. The van der Waals surface area contributed by atoms with E-state index in [0.717, 1.165) is 25.3 Å². The molecule has 0 spiro atoms. The maximum Gasteiger partial charge on any atom is 0.417 e. The van der Waals surface area contributed by atoms with Crippen LogP contribution in [-0.2, 0) is 10.9 Å². The molecule has 112 valence electrons. The highest BCUT2D eigenvalue weighted by atomic mass is 19.4. The standard InChI is InChI=1S/C13H17F3N2O2/c1-9-11(4-6-19-9)17-5-7-20-12-3-2-10(8-18-12)13(14,15)16/h2-3,8-9,11,17H,4-7H2,1H3/t9-,11-/m1/s1. The lowest BCUT2D eigenvalue weighted by atomic mass is 10.1. The Kier molecular flexibility index (Phi) is 4.82. The number of alkyl halides is 3. The van der Waals surface area contributed by atoms with Gasteiger partial charge in [-0.15, -0.1) is 0 Å². The number of ether oxygens (including phenoxy) is 2. The van der Waals surface area contributed by atoms with Crippen molar-refractivity contribution < 1.29 is 22.6 Å². The second-order valence-corrected chi connectivity index (χ2v) is 4.66. The molecule has 1 aliphatic rings. The smallest absolute Gasteiger partial charge is 0.417 e. The van der Waals surface area contributed by atoms with E-state index in [2.05, 4.69) is 10.3 Å². The maximum atomic E-state index is 12.3. The Bertz CT molecular complexity index is 423. The van der Waals surface area contributed by atoms with Crippen LogP contribution in [0.4, 0.5) is 13.2 Å². The largest absolute Gasteiger partial charge is 0.476 e. The monoisotopic (exact) mass is 290 g/mol. The van der Waals surface area contributed by atoms with Crippen LogP contribution >= 0.6 is 0 Å². The summed E-state index contributed by atoms with van der Waals surface area (Å²) in [6.07, 6.45) is -2.46. The SMILES string of the molecule is C[C@H]1OCC[C@H]1NCCOc1ccc(C(F)(F)F)cn1. The van der Waals surface area contributed by atoms with E-state index in [-0.39, 0.29) is 12.0 Å². The number of nitrogens with zero attached hydrogens (tertiary/aromatic N) is 1. The van der Waals surface area contributed by atoms with Crippen molar-refractivity contribution in [2.24, 2.45) is 0 Å². The van der Waals surface area contributed by atoms with Gasteiger partial charge in [0, 0.05) is 31.5 Å². The van der Waals surface area contributed by atoms with E-state index in [9.17, 15) is 13.2 Å². The zero-order valence-electron chi connectivity index (χ0n) is 11.1. The Morgan fingerprint density at radius 1 is 1.45 bits per heavy atom. The van der Waals surface area contributed by atoms with E-state index in [0.29, 0.717) is 19.2 Å². The quantitative estimate of drug-likeness (QED) is 0.845. The number of hydrogen-bond acceptors (Lipinski definition) is 4. The summed E-state index contributed by atoms with van der Waals surface area (Å²) in [6.45, 7) is 3.70. The fourth-order valence-electron chi connectivity index (χ4n) is 2.03. The van der Waals surface area contributed by atoms with Gasteiger partial charge in [0.2, 0.25) is 5.88 Å². The first-order valence-electron chi connectivity index (χ1n) is 6.48. The number of nitrogens with one attached hydrogen (secondary N) is 1. The summed E-state index contributed by atoms with van der Waals surface area (Å²) in [4.78, 5) is 3.63. The minimum Gasteiger partial charge on any atom is -0.476 e. The molecule has 0 unspecified atom stereocenters. The lowest BCUT2D eigenvalue weighted by Gasteiger charge is -2.16. The van der Waals surface area contributed by atoms with Gasteiger partial charge in [0.05, 0.1) is 11.7 Å². The van der Waals surface area contributed by atoms with Gasteiger partial charge in [0.15, 0.2) is 0 Å². The molecule has 2 rings (SSSR count). The Balaban J connectivity index is 1.71. The lowest BCUT2D eigenvalue weighted by Crippen LogP contribution is -2.37. The first-order chi connectivity index (χ1) is 9.47. The highest BCUT2D eigenvalue weighted by molar-refractivity contribution is 5.20. The summed E-state index contributed by atoms with van der Waals surface area (Å²) >= 11 is 0. The summed E-state index contributed by atoms with van der Waals surface area (Å²) in [6, 6.07) is 2.49. The van der Waals surface area contributed by atoms with E-state index in [4.69, 9.17) is 9.47 Å². The molecule has 2 heterocycles. The molecule has 20 heavy (non-hydrogen) atoms. The minimum atomic E-state index is -4.37. The van der Waals surface area contributed by atoms with E-state index in [1.165, 1.54) is 6.07 Å². The summed E-state index contributed by atoms with van der Waals surface area (Å²) in [5.41, 5.74) is -0.778. The number of rotatable bonds is 5. The van der Waals surface area contributed by atoms with Crippen molar-refractivity contribution in [2.75, 3.05) is 19.8 Å². The van der Waals surface area contributed by atoms with Gasteiger partial charge in [-0.3, -0.25) is 0 Å². The first kappa shape index (κ1) is 15.1.